The maximum absolute atomic E-state index is 10.7. The lowest BCUT2D eigenvalue weighted by atomic mass is 10.2. The van der Waals surface area contributed by atoms with E-state index in [1.165, 1.54) is 6.20 Å². The van der Waals surface area contributed by atoms with Crippen molar-refractivity contribution in [3.8, 4) is 0 Å². The minimum absolute atomic E-state index is 0.133. The highest BCUT2D eigenvalue weighted by Gasteiger charge is 2.11. The number of hydrogen-bond donors (Lipinski definition) is 2. The van der Waals surface area contributed by atoms with Gasteiger partial charge in [-0.05, 0) is 19.1 Å². The van der Waals surface area contributed by atoms with Gasteiger partial charge in [0.1, 0.15) is 10.6 Å². The van der Waals surface area contributed by atoms with Crippen molar-refractivity contribution >= 4 is 22.4 Å². The molecule has 90 valence electrons. The van der Waals surface area contributed by atoms with Crippen molar-refractivity contribution in [2.45, 2.75) is 19.4 Å². The third-order valence-corrected chi connectivity index (χ3v) is 3.09. The fraction of sp³-hybridized carbons (Fsp3) is 0.273. The Labute approximate surface area is 102 Å². The summed E-state index contributed by atoms with van der Waals surface area (Å²) in [6.45, 7) is 1.99. The Morgan fingerprint density at radius 2 is 2.53 bits per heavy atom. The van der Waals surface area contributed by atoms with Gasteiger partial charge in [-0.3, -0.25) is 0 Å². The first-order chi connectivity index (χ1) is 8.15. The van der Waals surface area contributed by atoms with Crippen LogP contribution in [0.25, 0.3) is 0 Å². The van der Waals surface area contributed by atoms with Gasteiger partial charge in [0.05, 0.1) is 12.5 Å². The van der Waals surface area contributed by atoms with E-state index in [4.69, 9.17) is 9.52 Å². The van der Waals surface area contributed by atoms with Crippen molar-refractivity contribution in [1.82, 2.24) is 4.98 Å². The van der Waals surface area contributed by atoms with Crippen molar-refractivity contribution in [2.75, 3.05) is 5.32 Å². The number of hydrogen-bond acceptors (Lipinski definition) is 5. The summed E-state index contributed by atoms with van der Waals surface area (Å²) in [4.78, 5) is 14.9. The molecule has 0 amide bonds. The molecule has 6 heteroatoms. The van der Waals surface area contributed by atoms with Gasteiger partial charge < -0.3 is 14.8 Å². The smallest absolute Gasteiger partial charge is 0.347 e. The zero-order valence-electron chi connectivity index (χ0n) is 9.21. The maximum Gasteiger partial charge on any atom is 0.347 e. The molecule has 1 unspecified atom stereocenters. The number of aromatic carboxylic acids is 1. The Kier molecular flexibility index (Phi) is 3.43. The quantitative estimate of drug-likeness (QED) is 0.855. The van der Waals surface area contributed by atoms with Crippen LogP contribution in [0.1, 0.15) is 22.4 Å². The first-order valence-corrected chi connectivity index (χ1v) is 5.95. The molecule has 2 aromatic rings. The molecule has 0 spiro atoms. The van der Waals surface area contributed by atoms with Crippen LogP contribution in [0.2, 0.25) is 0 Å². The predicted molar refractivity (Wildman–Crippen MR) is 64.6 cm³/mol. The molecule has 5 nitrogen and oxygen atoms in total. The SMILES string of the molecule is CC(Cc1ccco1)Nc1ncc(C(=O)O)s1. The van der Waals surface area contributed by atoms with Gasteiger partial charge in [-0.15, -0.1) is 0 Å². The summed E-state index contributed by atoms with van der Waals surface area (Å²) in [5, 5.41) is 12.5. The number of thiazole rings is 1. The number of rotatable bonds is 5. The number of nitrogens with one attached hydrogen (secondary N) is 1. The van der Waals surface area contributed by atoms with Gasteiger partial charge in [0, 0.05) is 12.5 Å². The van der Waals surface area contributed by atoms with Gasteiger partial charge in [0.2, 0.25) is 0 Å². The average molecular weight is 252 g/mol. The van der Waals surface area contributed by atoms with E-state index in [1.807, 2.05) is 19.1 Å². The standard InChI is InChI=1S/C11H12N2O3S/c1-7(5-8-3-2-4-16-8)13-11-12-6-9(17-11)10(14)15/h2-4,6-7H,5H2,1H3,(H,12,13)(H,14,15). The van der Waals surface area contributed by atoms with Crippen molar-refractivity contribution < 1.29 is 14.3 Å². The molecule has 0 radical (unpaired) electrons. The Morgan fingerprint density at radius 1 is 1.71 bits per heavy atom. The minimum atomic E-state index is -0.950. The van der Waals surface area contributed by atoms with Crippen molar-refractivity contribution in [3.63, 3.8) is 0 Å². The summed E-state index contributed by atoms with van der Waals surface area (Å²) < 4.78 is 5.23. The van der Waals surface area contributed by atoms with E-state index < -0.39 is 5.97 Å². The van der Waals surface area contributed by atoms with E-state index in [9.17, 15) is 4.79 Å². The van der Waals surface area contributed by atoms with E-state index >= 15 is 0 Å². The van der Waals surface area contributed by atoms with Crippen LogP contribution in [-0.4, -0.2) is 22.1 Å². The number of carboxylic acids is 1. The Bertz CT molecular complexity index is 493. The molecule has 1 atom stereocenters. The minimum Gasteiger partial charge on any atom is -0.477 e. The van der Waals surface area contributed by atoms with Crippen LogP contribution in [0.15, 0.2) is 29.0 Å². The lowest BCUT2D eigenvalue weighted by Crippen LogP contribution is -2.17. The molecule has 0 aliphatic heterocycles. The van der Waals surface area contributed by atoms with E-state index in [2.05, 4.69) is 10.3 Å². The van der Waals surface area contributed by atoms with E-state index in [0.717, 1.165) is 23.5 Å². The van der Waals surface area contributed by atoms with Gasteiger partial charge >= 0.3 is 5.97 Å². The highest BCUT2D eigenvalue weighted by atomic mass is 32.1. The molecule has 2 N–H and O–H groups in total. The predicted octanol–water partition coefficient (Wildman–Crippen LogP) is 2.48. The van der Waals surface area contributed by atoms with Crippen molar-refractivity contribution in [3.05, 3.63) is 35.2 Å². The fourth-order valence-corrected chi connectivity index (χ4v) is 2.20. The molecule has 0 fully saturated rings. The number of carboxylic acid groups (broad SMARTS) is 1. The van der Waals surface area contributed by atoms with E-state index in [1.54, 1.807) is 6.26 Å². The largest absolute Gasteiger partial charge is 0.477 e. The third kappa shape index (κ3) is 3.07. The highest BCUT2D eigenvalue weighted by Crippen LogP contribution is 2.19. The topological polar surface area (TPSA) is 75.4 Å². The second-order valence-electron chi connectivity index (χ2n) is 3.66. The van der Waals surface area contributed by atoms with Crippen LogP contribution in [-0.2, 0) is 6.42 Å². The normalized spacial score (nSPS) is 12.3. The second kappa shape index (κ2) is 5.01. The molecule has 0 aromatic carbocycles. The molecule has 0 saturated carbocycles. The molecule has 0 aliphatic carbocycles. The number of carbonyl (C=O) groups is 1. The lowest BCUT2D eigenvalue weighted by Gasteiger charge is -2.10. The summed E-state index contributed by atoms with van der Waals surface area (Å²) in [5.41, 5.74) is 0. The summed E-state index contributed by atoms with van der Waals surface area (Å²) in [6.07, 6.45) is 3.72. The zero-order chi connectivity index (χ0) is 12.3. The first kappa shape index (κ1) is 11.7. The molecule has 17 heavy (non-hydrogen) atoms. The van der Waals surface area contributed by atoms with Crippen LogP contribution < -0.4 is 5.32 Å². The molecule has 0 aliphatic rings. The average Bonchev–Trinajstić information content (AvgIpc) is 2.88. The molecular weight excluding hydrogens is 240 g/mol. The molecule has 2 heterocycles. The van der Waals surface area contributed by atoms with Gasteiger partial charge in [-0.25, -0.2) is 9.78 Å². The molecule has 2 rings (SSSR count). The van der Waals surface area contributed by atoms with Crippen LogP contribution >= 0.6 is 11.3 Å². The third-order valence-electron chi connectivity index (χ3n) is 2.17. The fourth-order valence-electron chi connectivity index (χ4n) is 1.43. The number of aromatic nitrogens is 1. The van der Waals surface area contributed by atoms with Crippen LogP contribution in [0.3, 0.4) is 0 Å². The van der Waals surface area contributed by atoms with Gasteiger partial charge in [0.15, 0.2) is 5.13 Å². The lowest BCUT2D eigenvalue weighted by molar-refractivity contribution is 0.0702. The number of anilines is 1. The van der Waals surface area contributed by atoms with Gasteiger partial charge in [-0.1, -0.05) is 11.3 Å². The number of nitrogens with zero attached hydrogens (tertiary/aromatic N) is 1. The molecule has 0 saturated heterocycles. The van der Waals surface area contributed by atoms with E-state index in [0.29, 0.717) is 5.13 Å². The Hall–Kier alpha value is -1.82. The summed E-state index contributed by atoms with van der Waals surface area (Å²) >= 11 is 1.13. The first-order valence-electron chi connectivity index (χ1n) is 5.13. The van der Waals surface area contributed by atoms with Gasteiger partial charge in [0.25, 0.3) is 0 Å². The monoisotopic (exact) mass is 252 g/mol. The molecular formula is C11H12N2O3S. The Morgan fingerprint density at radius 3 is 3.12 bits per heavy atom. The summed E-state index contributed by atoms with van der Waals surface area (Å²) in [7, 11) is 0. The van der Waals surface area contributed by atoms with Crippen LogP contribution in [0.4, 0.5) is 5.13 Å². The van der Waals surface area contributed by atoms with Crippen LogP contribution in [0.5, 0.6) is 0 Å². The molecule has 0 bridgehead atoms. The van der Waals surface area contributed by atoms with Gasteiger partial charge in [-0.2, -0.15) is 0 Å². The maximum atomic E-state index is 10.7. The molecule has 2 aromatic heterocycles. The summed E-state index contributed by atoms with van der Waals surface area (Å²) in [6, 6.07) is 3.88. The second-order valence-corrected chi connectivity index (χ2v) is 4.69. The van der Waals surface area contributed by atoms with Crippen molar-refractivity contribution in [2.24, 2.45) is 0 Å². The van der Waals surface area contributed by atoms with Crippen LogP contribution in [0, 0.1) is 0 Å². The summed E-state index contributed by atoms with van der Waals surface area (Å²) in [5.74, 6) is -0.0609. The Balaban J connectivity index is 1.93. The van der Waals surface area contributed by atoms with Crippen molar-refractivity contribution in [1.29, 1.82) is 0 Å². The van der Waals surface area contributed by atoms with E-state index in [-0.39, 0.29) is 10.9 Å². The highest BCUT2D eigenvalue weighted by molar-refractivity contribution is 7.17. The number of furan rings is 1. The zero-order valence-corrected chi connectivity index (χ0v) is 10.0.